The van der Waals surface area contributed by atoms with Crippen molar-refractivity contribution in [1.29, 1.82) is 0 Å². The molecule has 0 aliphatic carbocycles. The van der Waals surface area contributed by atoms with E-state index >= 15 is 0 Å². The van der Waals surface area contributed by atoms with Gasteiger partial charge in [0.15, 0.2) is 11.5 Å². The van der Waals surface area contributed by atoms with Crippen LogP contribution >= 0.6 is 11.6 Å². The second-order valence-corrected chi connectivity index (χ2v) is 3.76. The summed E-state index contributed by atoms with van der Waals surface area (Å²) < 4.78 is 15.4. The van der Waals surface area contributed by atoms with E-state index in [9.17, 15) is 5.11 Å². The van der Waals surface area contributed by atoms with Crippen molar-refractivity contribution in [2.75, 3.05) is 27.4 Å². The molecule has 0 radical (unpaired) electrons. The predicted molar refractivity (Wildman–Crippen MR) is 66.0 cm³/mol. The van der Waals surface area contributed by atoms with Crippen LogP contribution in [0.5, 0.6) is 11.5 Å². The summed E-state index contributed by atoms with van der Waals surface area (Å²) in [5.41, 5.74) is 0.567. The van der Waals surface area contributed by atoms with Gasteiger partial charge in [-0.1, -0.05) is 17.7 Å². The summed E-state index contributed by atoms with van der Waals surface area (Å²) in [6.07, 6.45) is -0.776. The molecule has 1 N–H and O–H groups in total. The van der Waals surface area contributed by atoms with E-state index < -0.39 is 6.10 Å². The van der Waals surface area contributed by atoms with Crippen LogP contribution in [0, 0.1) is 0 Å². The Bertz CT molecular complexity index is 368. The lowest BCUT2D eigenvalue weighted by Crippen LogP contribution is -2.08. The van der Waals surface area contributed by atoms with E-state index in [4.69, 9.17) is 25.8 Å². The minimum absolute atomic E-state index is 0.200. The number of ether oxygens (including phenoxy) is 3. The standard InChI is InChI=1S/C12H17ClO4/c1-4-17-7-9(14)8-5-6-10(15-2)12(16-3)11(8)13/h5-6,9,14H,4,7H2,1-3H3. The van der Waals surface area contributed by atoms with Crippen molar-refractivity contribution in [2.24, 2.45) is 0 Å². The first-order valence-corrected chi connectivity index (χ1v) is 5.69. The van der Waals surface area contributed by atoms with Crippen molar-refractivity contribution in [3.8, 4) is 11.5 Å². The predicted octanol–water partition coefficient (Wildman–Crippen LogP) is 2.43. The molecular weight excluding hydrogens is 244 g/mol. The van der Waals surface area contributed by atoms with Crippen molar-refractivity contribution >= 4 is 11.6 Å². The maximum absolute atomic E-state index is 9.91. The molecule has 0 heterocycles. The van der Waals surface area contributed by atoms with E-state index in [1.807, 2.05) is 6.92 Å². The summed E-state index contributed by atoms with van der Waals surface area (Å²) in [4.78, 5) is 0. The maximum atomic E-state index is 9.91. The topological polar surface area (TPSA) is 47.9 Å². The molecule has 1 aromatic carbocycles. The Labute approximate surface area is 106 Å². The Morgan fingerprint density at radius 1 is 1.29 bits per heavy atom. The summed E-state index contributed by atoms with van der Waals surface area (Å²) in [6, 6.07) is 3.41. The summed E-state index contributed by atoms with van der Waals surface area (Å²) in [5.74, 6) is 0.951. The van der Waals surface area contributed by atoms with Crippen LogP contribution < -0.4 is 9.47 Å². The molecule has 96 valence electrons. The average Bonchev–Trinajstić information content (AvgIpc) is 2.35. The van der Waals surface area contributed by atoms with Gasteiger partial charge in [-0.2, -0.15) is 0 Å². The molecule has 1 atom stereocenters. The zero-order valence-electron chi connectivity index (χ0n) is 10.2. The Kier molecular flexibility index (Phi) is 5.55. The number of aliphatic hydroxyl groups excluding tert-OH is 1. The van der Waals surface area contributed by atoms with Crippen molar-refractivity contribution < 1.29 is 19.3 Å². The van der Waals surface area contributed by atoms with Gasteiger partial charge in [0, 0.05) is 12.2 Å². The molecule has 5 heteroatoms. The van der Waals surface area contributed by atoms with Gasteiger partial charge < -0.3 is 19.3 Å². The first-order chi connectivity index (χ1) is 8.15. The minimum Gasteiger partial charge on any atom is -0.493 e. The quantitative estimate of drug-likeness (QED) is 0.853. The van der Waals surface area contributed by atoms with Crippen molar-refractivity contribution in [3.05, 3.63) is 22.7 Å². The molecule has 0 spiro atoms. The normalized spacial score (nSPS) is 12.3. The van der Waals surface area contributed by atoms with Crippen LogP contribution in [0.15, 0.2) is 12.1 Å². The summed E-state index contributed by atoms with van der Waals surface area (Å²) in [7, 11) is 3.03. The van der Waals surface area contributed by atoms with E-state index in [0.717, 1.165) is 0 Å². The van der Waals surface area contributed by atoms with Crippen LogP contribution in [0.2, 0.25) is 5.02 Å². The van der Waals surface area contributed by atoms with Gasteiger partial charge in [-0.15, -0.1) is 0 Å². The van der Waals surface area contributed by atoms with Gasteiger partial charge in [0.1, 0.15) is 6.10 Å². The number of aliphatic hydroxyl groups is 1. The van der Waals surface area contributed by atoms with E-state index in [0.29, 0.717) is 28.7 Å². The lowest BCUT2D eigenvalue weighted by atomic mass is 10.1. The van der Waals surface area contributed by atoms with Crippen molar-refractivity contribution in [2.45, 2.75) is 13.0 Å². The Balaban J connectivity index is 3.01. The van der Waals surface area contributed by atoms with E-state index in [1.54, 1.807) is 12.1 Å². The molecule has 0 aromatic heterocycles. The van der Waals surface area contributed by atoms with Crippen LogP contribution in [-0.4, -0.2) is 32.5 Å². The number of rotatable bonds is 6. The van der Waals surface area contributed by atoms with Gasteiger partial charge in [0.25, 0.3) is 0 Å². The first kappa shape index (κ1) is 14.1. The fourth-order valence-corrected chi connectivity index (χ4v) is 1.84. The third kappa shape index (κ3) is 3.25. The molecule has 0 fully saturated rings. The van der Waals surface area contributed by atoms with Crippen molar-refractivity contribution in [3.63, 3.8) is 0 Å². The first-order valence-electron chi connectivity index (χ1n) is 5.31. The van der Waals surface area contributed by atoms with Crippen molar-refractivity contribution in [1.82, 2.24) is 0 Å². The second kappa shape index (κ2) is 6.69. The Hall–Kier alpha value is -0.970. The SMILES string of the molecule is CCOCC(O)c1ccc(OC)c(OC)c1Cl. The van der Waals surface area contributed by atoms with Crippen LogP contribution in [0.3, 0.4) is 0 Å². The monoisotopic (exact) mass is 260 g/mol. The second-order valence-electron chi connectivity index (χ2n) is 3.38. The number of benzene rings is 1. The fraction of sp³-hybridized carbons (Fsp3) is 0.500. The van der Waals surface area contributed by atoms with E-state index in [1.165, 1.54) is 14.2 Å². The van der Waals surface area contributed by atoms with Gasteiger partial charge in [-0.05, 0) is 13.0 Å². The lowest BCUT2D eigenvalue weighted by Gasteiger charge is -2.16. The smallest absolute Gasteiger partial charge is 0.179 e. The molecule has 1 rings (SSSR count). The molecular formula is C12H17ClO4. The van der Waals surface area contributed by atoms with Crippen LogP contribution in [0.25, 0.3) is 0 Å². The highest BCUT2D eigenvalue weighted by Gasteiger charge is 2.18. The van der Waals surface area contributed by atoms with Gasteiger partial charge in [0.2, 0.25) is 0 Å². The zero-order chi connectivity index (χ0) is 12.8. The van der Waals surface area contributed by atoms with E-state index in [-0.39, 0.29) is 6.61 Å². The molecule has 1 unspecified atom stereocenters. The fourth-order valence-electron chi connectivity index (χ4n) is 1.48. The van der Waals surface area contributed by atoms with Crippen LogP contribution in [0.4, 0.5) is 0 Å². The Morgan fingerprint density at radius 3 is 2.53 bits per heavy atom. The molecule has 0 saturated heterocycles. The molecule has 4 nitrogen and oxygen atoms in total. The van der Waals surface area contributed by atoms with Gasteiger partial charge in [-0.25, -0.2) is 0 Å². The highest BCUT2D eigenvalue weighted by Crippen LogP contribution is 2.39. The summed E-state index contributed by atoms with van der Waals surface area (Å²) >= 11 is 6.15. The van der Waals surface area contributed by atoms with Gasteiger partial charge >= 0.3 is 0 Å². The van der Waals surface area contributed by atoms with Gasteiger partial charge in [-0.3, -0.25) is 0 Å². The lowest BCUT2D eigenvalue weighted by molar-refractivity contribution is 0.0419. The number of hydrogen-bond acceptors (Lipinski definition) is 4. The zero-order valence-corrected chi connectivity index (χ0v) is 11.0. The largest absolute Gasteiger partial charge is 0.493 e. The van der Waals surface area contributed by atoms with E-state index in [2.05, 4.69) is 0 Å². The summed E-state index contributed by atoms with van der Waals surface area (Å²) in [5, 5.41) is 10.3. The third-order valence-electron chi connectivity index (χ3n) is 2.35. The average molecular weight is 261 g/mol. The van der Waals surface area contributed by atoms with Crippen LogP contribution in [0.1, 0.15) is 18.6 Å². The molecule has 0 saturated carbocycles. The minimum atomic E-state index is -0.776. The number of methoxy groups -OCH3 is 2. The molecule has 17 heavy (non-hydrogen) atoms. The molecule has 0 aliphatic heterocycles. The highest BCUT2D eigenvalue weighted by molar-refractivity contribution is 6.33. The maximum Gasteiger partial charge on any atom is 0.179 e. The highest BCUT2D eigenvalue weighted by atomic mass is 35.5. The summed E-state index contributed by atoms with van der Waals surface area (Å²) in [6.45, 7) is 2.61. The third-order valence-corrected chi connectivity index (χ3v) is 2.74. The van der Waals surface area contributed by atoms with Gasteiger partial charge in [0.05, 0.1) is 25.8 Å². The Morgan fingerprint density at radius 2 is 2.00 bits per heavy atom. The molecule has 0 aliphatic rings. The molecule has 0 bridgehead atoms. The molecule has 1 aromatic rings. The molecule has 0 amide bonds. The number of halogens is 1. The number of hydrogen-bond donors (Lipinski definition) is 1. The van der Waals surface area contributed by atoms with Crippen LogP contribution in [-0.2, 0) is 4.74 Å².